The molecule has 4 atom stereocenters. The average molecular weight is 376 g/mol. The number of fused-ring (bicyclic) bond motifs is 1. The van der Waals surface area contributed by atoms with E-state index < -0.39 is 12.2 Å². The van der Waals surface area contributed by atoms with Gasteiger partial charge in [-0.15, -0.1) is 0 Å². The maximum atomic E-state index is 13.0. The number of urea groups is 1. The van der Waals surface area contributed by atoms with E-state index in [0.717, 1.165) is 0 Å². The van der Waals surface area contributed by atoms with Crippen molar-refractivity contribution < 1.29 is 23.9 Å². The number of aliphatic hydroxyl groups is 2. The van der Waals surface area contributed by atoms with Gasteiger partial charge in [0, 0.05) is 18.7 Å². The Labute approximate surface area is 155 Å². The van der Waals surface area contributed by atoms with Gasteiger partial charge >= 0.3 is 6.03 Å². The van der Waals surface area contributed by atoms with Gasteiger partial charge in [-0.1, -0.05) is 5.16 Å². The molecule has 1 saturated carbocycles. The molecule has 2 aliphatic rings. The molecule has 1 aromatic heterocycles. The van der Waals surface area contributed by atoms with Crippen LogP contribution < -0.4 is 5.32 Å². The van der Waals surface area contributed by atoms with Crippen LogP contribution in [-0.4, -0.2) is 56.6 Å². The molecule has 2 heterocycles. The minimum absolute atomic E-state index is 0.0874. The molecule has 8 nitrogen and oxygen atoms in total. The molecule has 0 radical (unpaired) electrons. The first-order valence-corrected chi connectivity index (χ1v) is 8.97. The standard InChI is InChI=1S/C18H21FN4O4/c19-13-3-1-10(2-4-13)17-21-16(27-22-17)7-20-18(26)23-8-11-5-14(24)15(25)6-12(11)9-23/h1-4,11-12,14-15,24-25H,5-9H2,(H,20,26)/t11-,12+,14+,15-. The second-order valence-corrected chi connectivity index (χ2v) is 7.21. The van der Waals surface area contributed by atoms with Crippen LogP contribution in [0, 0.1) is 17.7 Å². The summed E-state index contributed by atoms with van der Waals surface area (Å²) >= 11 is 0. The van der Waals surface area contributed by atoms with E-state index in [1.807, 2.05) is 0 Å². The van der Waals surface area contributed by atoms with Crippen LogP contribution in [0.4, 0.5) is 9.18 Å². The predicted molar refractivity (Wildman–Crippen MR) is 91.7 cm³/mol. The van der Waals surface area contributed by atoms with Crippen LogP contribution in [0.5, 0.6) is 0 Å². The summed E-state index contributed by atoms with van der Waals surface area (Å²) in [5, 5.41) is 26.2. The van der Waals surface area contributed by atoms with Crippen LogP contribution in [0.15, 0.2) is 28.8 Å². The molecule has 0 unspecified atom stereocenters. The zero-order chi connectivity index (χ0) is 19.0. The SMILES string of the molecule is O=C(NCc1nc(-c2ccc(F)cc2)no1)N1C[C@H]2C[C@H](O)[C@H](O)C[C@H]2C1. The number of carbonyl (C=O) groups is 1. The fraction of sp³-hybridized carbons (Fsp3) is 0.500. The van der Waals surface area contributed by atoms with Gasteiger partial charge in [0.15, 0.2) is 0 Å². The number of aromatic nitrogens is 2. The van der Waals surface area contributed by atoms with E-state index in [-0.39, 0.29) is 36.1 Å². The summed E-state index contributed by atoms with van der Waals surface area (Å²) in [6.45, 7) is 1.21. The number of likely N-dealkylation sites (tertiary alicyclic amines) is 1. The third-order valence-electron chi connectivity index (χ3n) is 5.36. The molecule has 0 bridgehead atoms. The van der Waals surface area contributed by atoms with Gasteiger partial charge in [-0.3, -0.25) is 0 Å². The summed E-state index contributed by atoms with van der Waals surface area (Å²) in [4.78, 5) is 18.3. The zero-order valence-electron chi connectivity index (χ0n) is 14.6. The number of benzene rings is 1. The molecule has 9 heteroatoms. The third kappa shape index (κ3) is 3.79. The lowest BCUT2D eigenvalue weighted by atomic mass is 9.79. The lowest BCUT2D eigenvalue weighted by molar-refractivity contribution is -0.0372. The third-order valence-corrected chi connectivity index (χ3v) is 5.36. The second-order valence-electron chi connectivity index (χ2n) is 7.21. The minimum Gasteiger partial charge on any atom is -0.390 e. The molecule has 0 spiro atoms. The van der Waals surface area contributed by atoms with Gasteiger partial charge in [-0.25, -0.2) is 9.18 Å². The van der Waals surface area contributed by atoms with Crippen LogP contribution in [0.3, 0.4) is 0 Å². The Kier molecular flexibility index (Phi) is 4.79. The molecule has 3 N–H and O–H groups in total. The Balaban J connectivity index is 1.32. The average Bonchev–Trinajstić information content (AvgIpc) is 3.28. The molecular formula is C18H21FN4O4. The van der Waals surface area contributed by atoms with Crippen LogP contribution in [-0.2, 0) is 6.54 Å². The van der Waals surface area contributed by atoms with E-state index in [1.54, 1.807) is 17.0 Å². The van der Waals surface area contributed by atoms with Crippen molar-refractivity contribution >= 4 is 6.03 Å². The molecule has 4 rings (SSSR count). The molecule has 1 aromatic carbocycles. The number of nitrogens with zero attached hydrogens (tertiary/aromatic N) is 3. The van der Waals surface area contributed by atoms with Crippen molar-refractivity contribution in [1.82, 2.24) is 20.4 Å². The van der Waals surface area contributed by atoms with Crippen LogP contribution >= 0.6 is 0 Å². The molecule has 1 saturated heterocycles. The van der Waals surface area contributed by atoms with Gasteiger partial charge < -0.3 is 25.0 Å². The molecule has 2 fully saturated rings. The fourth-order valence-corrected chi connectivity index (χ4v) is 3.88. The smallest absolute Gasteiger partial charge is 0.317 e. The number of hydrogen-bond donors (Lipinski definition) is 3. The topological polar surface area (TPSA) is 112 Å². The van der Waals surface area contributed by atoms with Gasteiger partial charge in [-0.05, 0) is 48.9 Å². The van der Waals surface area contributed by atoms with E-state index in [0.29, 0.717) is 37.3 Å². The first kappa shape index (κ1) is 17.9. The maximum absolute atomic E-state index is 13.0. The van der Waals surface area contributed by atoms with E-state index >= 15 is 0 Å². The highest BCUT2D eigenvalue weighted by Gasteiger charge is 2.42. The summed E-state index contributed by atoms with van der Waals surface area (Å²) in [6.07, 6.45) is -0.393. The lowest BCUT2D eigenvalue weighted by Gasteiger charge is -2.31. The summed E-state index contributed by atoms with van der Waals surface area (Å²) in [7, 11) is 0. The summed E-state index contributed by atoms with van der Waals surface area (Å²) in [5.74, 6) is 0.658. The van der Waals surface area contributed by atoms with Crippen molar-refractivity contribution in [1.29, 1.82) is 0 Å². The predicted octanol–water partition coefficient (Wildman–Crippen LogP) is 1.15. The van der Waals surface area contributed by atoms with E-state index in [9.17, 15) is 19.4 Å². The monoisotopic (exact) mass is 376 g/mol. The highest BCUT2D eigenvalue weighted by molar-refractivity contribution is 5.74. The minimum atomic E-state index is -0.711. The number of nitrogens with one attached hydrogen (secondary N) is 1. The molecule has 2 aromatic rings. The molecule has 1 aliphatic heterocycles. The first-order valence-electron chi connectivity index (χ1n) is 8.97. The molecule has 144 valence electrons. The Hall–Kier alpha value is -2.52. The van der Waals surface area contributed by atoms with Gasteiger partial charge in [0.1, 0.15) is 5.82 Å². The Morgan fingerprint density at radius 3 is 2.44 bits per heavy atom. The Bertz CT molecular complexity index is 794. The Morgan fingerprint density at radius 1 is 1.19 bits per heavy atom. The normalized spacial score (nSPS) is 27.4. The number of amides is 2. The van der Waals surface area contributed by atoms with Gasteiger partial charge in [0.2, 0.25) is 11.7 Å². The molecule has 27 heavy (non-hydrogen) atoms. The second kappa shape index (κ2) is 7.24. The Morgan fingerprint density at radius 2 is 1.81 bits per heavy atom. The largest absolute Gasteiger partial charge is 0.390 e. The van der Waals surface area contributed by atoms with Gasteiger partial charge in [-0.2, -0.15) is 4.98 Å². The van der Waals surface area contributed by atoms with E-state index in [2.05, 4.69) is 15.5 Å². The van der Waals surface area contributed by atoms with Crippen molar-refractivity contribution in [3.8, 4) is 11.4 Å². The van der Waals surface area contributed by atoms with Crippen molar-refractivity contribution in [3.63, 3.8) is 0 Å². The first-order chi connectivity index (χ1) is 13.0. The number of hydrogen-bond acceptors (Lipinski definition) is 6. The number of halogens is 1. The number of aliphatic hydroxyl groups excluding tert-OH is 2. The van der Waals surface area contributed by atoms with Crippen molar-refractivity contribution in [2.75, 3.05) is 13.1 Å². The number of carbonyl (C=O) groups excluding carboxylic acids is 1. The number of rotatable bonds is 3. The molecule has 2 amide bonds. The molecular weight excluding hydrogens is 355 g/mol. The van der Waals surface area contributed by atoms with Gasteiger partial charge in [0.25, 0.3) is 0 Å². The fourth-order valence-electron chi connectivity index (χ4n) is 3.88. The van der Waals surface area contributed by atoms with Crippen molar-refractivity contribution in [3.05, 3.63) is 36.0 Å². The van der Waals surface area contributed by atoms with Crippen LogP contribution in [0.1, 0.15) is 18.7 Å². The van der Waals surface area contributed by atoms with Crippen LogP contribution in [0.2, 0.25) is 0 Å². The highest BCUT2D eigenvalue weighted by atomic mass is 19.1. The van der Waals surface area contributed by atoms with Gasteiger partial charge in [0.05, 0.1) is 18.8 Å². The van der Waals surface area contributed by atoms with Crippen LogP contribution in [0.25, 0.3) is 11.4 Å². The summed E-state index contributed by atoms with van der Waals surface area (Å²) in [6, 6.07) is 5.49. The summed E-state index contributed by atoms with van der Waals surface area (Å²) in [5.41, 5.74) is 0.624. The lowest BCUT2D eigenvalue weighted by Crippen LogP contribution is -2.38. The zero-order valence-corrected chi connectivity index (χ0v) is 14.6. The maximum Gasteiger partial charge on any atom is 0.317 e. The summed E-state index contributed by atoms with van der Waals surface area (Å²) < 4.78 is 18.1. The van der Waals surface area contributed by atoms with E-state index in [4.69, 9.17) is 4.52 Å². The van der Waals surface area contributed by atoms with Crippen molar-refractivity contribution in [2.24, 2.45) is 11.8 Å². The molecule has 1 aliphatic carbocycles. The quantitative estimate of drug-likeness (QED) is 0.741. The van der Waals surface area contributed by atoms with Crippen molar-refractivity contribution in [2.45, 2.75) is 31.6 Å². The highest BCUT2D eigenvalue weighted by Crippen LogP contribution is 2.36. The van der Waals surface area contributed by atoms with E-state index in [1.165, 1.54) is 12.1 Å².